The number of aryl methyl sites for hydroxylation is 1. The summed E-state index contributed by atoms with van der Waals surface area (Å²) in [5.41, 5.74) is 3.73. The number of carbonyl (C=O) groups is 2. The first-order valence-electron chi connectivity index (χ1n) is 11.7. The lowest BCUT2D eigenvalue weighted by Gasteiger charge is -2.23. The van der Waals surface area contributed by atoms with E-state index in [0.717, 1.165) is 16.7 Å². The lowest BCUT2D eigenvalue weighted by molar-refractivity contribution is 0.0691. The smallest absolute Gasteiger partial charge is 0.356 e. The number of pyridine rings is 2. The number of carboxylic acid groups (broad SMARTS) is 1. The van der Waals surface area contributed by atoms with Crippen LogP contribution in [-0.2, 0) is 13.1 Å². The molecule has 4 heterocycles. The van der Waals surface area contributed by atoms with E-state index in [1.165, 1.54) is 17.4 Å². The number of nitrogens with one attached hydrogen (secondary N) is 1. The Morgan fingerprint density at radius 1 is 1.11 bits per heavy atom. The lowest BCUT2D eigenvalue weighted by Crippen LogP contribution is -2.30. The highest BCUT2D eigenvalue weighted by molar-refractivity contribution is 6.29. The second-order valence-corrected chi connectivity index (χ2v) is 9.55. The first-order valence-corrected chi connectivity index (χ1v) is 12.1. The molecule has 0 saturated heterocycles. The van der Waals surface area contributed by atoms with Gasteiger partial charge < -0.3 is 15.3 Å². The summed E-state index contributed by atoms with van der Waals surface area (Å²) in [5.74, 6) is -1.24. The van der Waals surface area contributed by atoms with Crippen LogP contribution in [0.3, 0.4) is 0 Å². The van der Waals surface area contributed by atoms with E-state index < -0.39 is 17.6 Å². The third-order valence-corrected chi connectivity index (χ3v) is 6.68. The molecule has 4 aromatic rings. The predicted molar refractivity (Wildman–Crippen MR) is 141 cm³/mol. The number of ketones is 1. The van der Waals surface area contributed by atoms with E-state index in [1.807, 2.05) is 49.1 Å². The largest absolute Gasteiger partial charge is 0.476 e. The fraction of sp³-hybridized carbons (Fsp3) is 0.222. The standard InChI is InChI=1S/C27H24ClN5O4/c1-14-10-19(15(2)29-20-8-9-21(28)30-23(20)27(36)37)24-31-25(22(16(3)34)26(35)33(24)11-14)32-12-17-6-4-5-7-18(17)13-32/h4-11,15,29H,12-13H2,1-3H3,(H,36,37)/t15-/m1/s1. The minimum Gasteiger partial charge on any atom is -0.476 e. The molecule has 1 aromatic carbocycles. The summed E-state index contributed by atoms with van der Waals surface area (Å²) in [6, 6.07) is 12.4. The Labute approximate surface area is 217 Å². The Bertz CT molecular complexity index is 1620. The van der Waals surface area contributed by atoms with Crippen LogP contribution in [0.2, 0.25) is 5.15 Å². The van der Waals surface area contributed by atoms with Gasteiger partial charge in [-0.15, -0.1) is 0 Å². The minimum atomic E-state index is -1.22. The zero-order valence-electron chi connectivity index (χ0n) is 20.4. The molecule has 1 aliphatic rings. The highest BCUT2D eigenvalue weighted by Crippen LogP contribution is 2.31. The van der Waals surface area contributed by atoms with Crippen molar-refractivity contribution >= 4 is 40.5 Å². The van der Waals surface area contributed by atoms with Crippen LogP contribution in [0.15, 0.2) is 53.5 Å². The topological polar surface area (TPSA) is 117 Å². The predicted octanol–water partition coefficient (Wildman–Crippen LogP) is 4.65. The molecule has 2 N–H and O–H groups in total. The molecule has 10 heteroatoms. The number of hydrogen-bond acceptors (Lipinski definition) is 7. The molecule has 0 unspecified atom stereocenters. The molecule has 0 bridgehead atoms. The van der Waals surface area contributed by atoms with E-state index in [0.29, 0.717) is 30.1 Å². The third kappa shape index (κ3) is 4.42. The van der Waals surface area contributed by atoms with Crippen molar-refractivity contribution in [3.63, 3.8) is 0 Å². The van der Waals surface area contributed by atoms with Crippen LogP contribution in [0.1, 0.15) is 63.0 Å². The van der Waals surface area contributed by atoms with Crippen LogP contribution in [0.25, 0.3) is 5.65 Å². The molecule has 188 valence electrons. The number of hydrogen-bond donors (Lipinski definition) is 2. The van der Waals surface area contributed by atoms with Gasteiger partial charge in [0.25, 0.3) is 5.56 Å². The number of carboxylic acids is 1. The summed E-state index contributed by atoms with van der Waals surface area (Å²) in [6.45, 7) is 6.12. The fourth-order valence-electron chi connectivity index (χ4n) is 4.76. The van der Waals surface area contributed by atoms with Crippen molar-refractivity contribution in [3.05, 3.63) is 97.7 Å². The molecule has 0 aliphatic carbocycles. The van der Waals surface area contributed by atoms with E-state index in [9.17, 15) is 19.5 Å². The summed E-state index contributed by atoms with van der Waals surface area (Å²) in [7, 11) is 0. The zero-order chi connectivity index (χ0) is 26.4. The Kier molecular flexibility index (Phi) is 6.16. The van der Waals surface area contributed by atoms with Gasteiger partial charge in [-0.2, -0.15) is 0 Å². The molecule has 37 heavy (non-hydrogen) atoms. The van der Waals surface area contributed by atoms with Gasteiger partial charge in [-0.1, -0.05) is 35.9 Å². The Morgan fingerprint density at radius 3 is 2.41 bits per heavy atom. The van der Waals surface area contributed by atoms with Gasteiger partial charge in [0.2, 0.25) is 0 Å². The van der Waals surface area contributed by atoms with Gasteiger partial charge in [-0.3, -0.25) is 14.0 Å². The maximum Gasteiger partial charge on any atom is 0.356 e. The van der Waals surface area contributed by atoms with Gasteiger partial charge in [-0.25, -0.2) is 14.8 Å². The monoisotopic (exact) mass is 517 g/mol. The number of anilines is 2. The van der Waals surface area contributed by atoms with Crippen LogP contribution >= 0.6 is 11.6 Å². The van der Waals surface area contributed by atoms with Gasteiger partial charge in [0, 0.05) is 24.8 Å². The molecule has 0 saturated carbocycles. The first kappa shape index (κ1) is 24.5. The summed E-state index contributed by atoms with van der Waals surface area (Å²) in [4.78, 5) is 48.8. The molecule has 0 spiro atoms. The molecule has 0 amide bonds. The van der Waals surface area contributed by atoms with Crippen LogP contribution in [-0.4, -0.2) is 31.2 Å². The van der Waals surface area contributed by atoms with Crippen molar-refractivity contribution in [3.8, 4) is 0 Å². The molecule has 0 radical (unpaired) electrons. The van der Waals surface area contributed by atoms with E-state index >= 15 is 0 Å². The molecular formula is C27H24ClN5O4. The highest BCUT2D eigenvalue weighted by Gasteiger charge is 2.28. The first-order chi connectivity index (χ1) is 17.6. The summed E-state index contributed by atoms with van der Waals surface area (Å²) < 4.78 is 1.39. The van der Waals surface area contributed by atoms with Crippen LogP contribution in [0.5, 0.6) is 0 Å². The number of halogens is 1. The maximum atomic E-state index is 13.6. The van der Waals surface area contributed by atoms with Gasteiger partial charge >= 0.3 is 5.97 Å². The van der Waals surface area contributed by atoms with Crippen molar-refractivity contribution in [2.45, 2.75) is 39.9 Å². The average Bonchev–Trinajstić information content (AvgIpc) is 3.28. The van der Waals surface area contributed by atoms with Crippen LogP contribution in [0.4, 0.5) is 11.5 Å². The van der Waals surface area contributed by atoms with E-state index in [2.05, 4.69) is 10.3 Å². The van der Waals surface area contributed by atoms with Gasteiger partial charge in [0.1, 0.15) is 22.2 Å². The van der Waals surface area contributed by atoms with Crippen molar-refractivity contribution in [2.24, 2.45) is 0 Å². The van der Waals surface area contributed by atoms with Gasteiger partial charge in [0.15, 0.2) is 11.5 Å². The lowest BCUT2D eigenvalue weighted by atomic mass is 10.1. The number of Topliss-reactive ketones (excluding diaryl/α,β-unsaturated/α-hetero) is 1. The molecule has 9 nitrogen and oxygen atoms in total. The quantitative estimate of drug-likeness (QED) is 0.280. The number of benzene rings is 1. The second kappa shape index (κ2) is 9.33. The average molecular weight is 518 g/mol. The number of rotatable bonds is 6. The van der Waals surface area contributed by atoms with Crippen LogP contribution in [0, 0.1) is 6.92 Å². The second-order valence-electron chi connectivity index (χ2n) is 9.16. The molecular weight excluding hydrogens is 494 g/mol. The van der Waals surface area contributed by atoms with E-state index in [1.54, 1.807) is 12.3 Å². The molecule has 0 fully saturated rings. The Balaban J connectivity index is 1.65. The van der Waals surface area contributed by atoms with Crippen LogP contribution < -0.4 is 15.8 Å². The third-order valence-electron chi connectivity index (χ3n) is 6.47. The normalized spacial score (nSPS) is 13.5. The number of nitrogens with zero attached hydrogens (tertiary/aromatic N) is 4. The van der Waals surface area contributed by atoms with Crippen molar-refractivity contribution in [1.29, 1.82) is 0 Å². The highest BCUT2D eigenvalue weighted by atomic mass is 35.5. The van der Waals surface area contributed by atoms with E-state index in [4.69, 9.17) is 16.6 Å². The SMILES string of the molecule is CC(=O)c1c(N2Cc3ccccc3C2)nc2c([C@@H](C)Nc3ccc(Cl)nc3C(=O)O)cc(C)cn2c1=O. The molecule has 1 aliphatic heterocycles. The molecule has 5 rings (SSSR count). The fourth-order valence-corrected chi connectivity index (χ4v) is 4.91. The number of aromatic carboxylic acids is 1. The number of aromatic nitrogens is 3. The number of carbonyl (C=O) groups excluding carboxylic acids is 1. The molecule has 3 aromatic heterocycles. The number of fused-ring (bicyclic) bond motifs is 2. The Morgan fingerprint density at radius 2 is 1.78 bits per heavy atom. The van der Waals surface area contributed by atoms with Gasteiger partial charge in [-0.05, 0) is 55.7 Å². The van der Waals surface area contributed by atoms with Crippen molar-refractivity contribution < 1.29 is 14.7 Å². The Hall–Kier alpha value is -4.24. The van der Waals surface area contributed by atoms with Gasteiger partial charge in [0.05, 0.1) is 11.7 Å². The van der Waals surface area contributed by atoms with Crippen molar-refractivity contribution in [1.82, 2.24) is 14.4 Å². The summed E-state index contributed by atoms with van der Waals surface area (Å²) in [6.07, 6.45) is 1.66. The summed E-state index contributed by atoms with van der Waals surface area (Å²) in [5, 5.41) is 12.8. The minimum absolute atomic E-state index is 0.0394. The molecule has 1 atom stereocenters. The van der Waals surface area contributed by atoms with Crippen molar-refractivity contribution in [2.75, 3.05) is 10.2 Å². The zero-order valence-corrected chi connectivity index (χ0v) is 21.2. The maximum absolute atomic E-state index is 13.6. The van der Waals surface area contributed by atoms with E-state index in [-0.39, 0.29) is 27.9 Å². The summed E-state index contributed by atoms with van der Waals surface area (Å²) >= 11 is 5.90.